The molecule has 32 heavy (non-hydrogen) atoms. The van der Waals surface area contributed by atoms with Gasteiger partial charge in [-0.15, -0.1) is 0 Å². The fourth-order valence-electron chi connectivity index (χ4n) is 5.66. The number of carbonyl (C=O) groups is 2. The molecular weight excluding hydrogens is 410 g/mol. The number of carbonyl (C=O) groups excluding carboxylic acids is 2. The smallest absolute Gasteiger partial charge is 0.237 e. The Kier molecular flexibility index (Phi) is 8.36. The van der Waals surface area contributed by atoms with Crippen molar-refractivity contribution >= 4 is 11.8 Å². The molecule has 0 aromatic heterocycles. The summed E-state index contributed by atoms with van der Waals surface area (Å²) < 4.78 is 0. The summed E-state index contributed by atoms with van der Waals surface area (Å²) in [6, 6.07) is 1.02. The lowest BCUT2D eigenvalue weighted by Gasteiger charge is -2.41. The van der Waals surface area contributed by atoms with Crippen LogP contribution in [0, 0.1) is 11.8 Å². The number of hydrogen-bond acceptors (Lipinski definition) is 8. The number of likely N-dealkylation sites (tertiary alicyclic amines) is 1. The molecule has 7 unspecified atom stereocenters. The highest BCUT2D eigenvalue weighted by Crippen LogP contribution is 2.33. The second-order valence-corrected chi connectivity index (χ2v) is 9.89. The van der Waals surface area contributed by atoms with E-state index >= 15 is 0 Å². The Labute approximate surface area is 191 Å². The zero-order valence-corrected chi connectivity index (χ0v) is 19.5. The number of rotatable bonds is 9. The molecule has 3 heterocycles. The Morgan fingerprint density at radius 3 is 2.84 bits per heavy atom. The van der Waals surface area contributed by atoms with E-state index in [2.05, 4.69) is 51.2 Å². The van der Waals surface area contributed by atoms with E-state index in [0.717, 1.165) is 38.6 Å². The van der Waals surface area contributed by atoms with Gasteiger partial charge >= 0.3 is 0 Å². The molecule has 7 atom stereocenters. The first-order valence-electron chi connectivity index (χ1n) is 12.5. The van der Waals surface area contributed by atoms with Crippen LogP contribution in [0.5, 0.6) is 0 Å². The summed E-state index contributed by atoms with van der Waals surface area (Å²) in [7, 11) is 2.16. The van der Waals surface area contributed by atoms with E-state index in [9.17, 15) is 9.59 Å². The fraction of sp³-hybridized carbons (Fsp3) is 0.909. The molecular formula is C22H41N7O3. The third-order valence-corrected chi connectivity index (χ3v) is 7.79. The van der Waals surface area contributed by atoms with Crippen molar-refractivity contribution in [3.8, 4) is 0 Å². The average molecular weight is 452 g/mol. The molecule has 3 aliphatic heterocycles. The van der Waals surface area contributed by atoms with Crippen molar-refractivity contribution in [2.45, 2.75) is 95.4 Å². The minimum atomic E-state index is -0.132. The molecule has 0 aromatic carbocycles. The fourth-order valence-corrected chi connectivity index (χ4v) is 5.66. The normalized spacial score (nSPS) is 37.8. The quantitative estimate of drug-likeness (QED) is 0.269. The first kappa shape index (κ1) is 23.8. The van der Waals surface area contributed by atoms with E-state index in [4.69, 9.17) is 4.84 Å². The van der Waals surface area contributed by atoms with Gasteiger partial charge in [0.05, 0.1) is 12.3 Å². The number of nitrogens with zero attached hydrogens (tertiary/aromatic N) is 1. The molecule has 10 heteroatoms. The van der Waals surface area contributed by atoms with Crippen molar-refractivity contribution in [3.63, 3.8) is 0 Å². The molecule has 3 saturated heterocycles. The summed E-state index contributed by atoms with van der Waals surface area (Å²) in [5.41, 5.74) is 9.04. The second kappa shape index (κ2) is 11.2. The zero-order valence-electron chi connectivity index (χ0n) is 19.5. The third-order valence-electron chi connectivity index (χ3n) is 7.79. The number of amides is 2. The molecule has 0 bridgehead atoms. The number of hydroxylamine groups is 1. The van der Waals surface area contributed by atoms with Gasteiger partial charge in [-0.2, -0.15) is 5.48 Å². The molecule has 182 valence electrons. The minimum Gasteiger partial charge on any atom is -0.356 e. The Morgan fingerprint density at radius 2 is 2.03 bits per heavy atom. The number of fused-ring (bicyclic) bond motifs is 1. The van der Waals surface area contributed by atoms with Crippen LogP contribution in [-0.4, -0.2) is 67.5 Å². The molecule has 2 amide bonds. The Morgan fingerprint density at radius 1 is 1.19 bits per heavy atom. The van der Waals surface area contributed by atoms with Gasteiger partial charge in [0.15, 0.2) is 0 Å². The van der Waals surface area contributed by atoms with E-state index in [1.54, 1.807) is 0 Å². The van der Waals surface area contributed by atoms with Crippen LogP contribution in [-0.2, 0) is 14.4 Å². The molecule has 4 aliphatic rings. The lowest BCUT2D eigenvalue weighted by molar-refractivity contribution is -0.134. The molecule has 0 aromatic rings. The molecule has 1 aliphatic carbocycles. The summed E-state index contributed by atoms with van der Waals surface area (Å²) in [4.78, 5) is 32.3. The number of hydrazine groups is 1. The summed E-state index contributed by atoms with van der Waals surface area (Å²) in [6.45, 7) is 3.69. The van der Waals surface area contributed by atoms with Gasteiger partial charge in [-0.25, -0.2) is 5.43 Å². The molecule has 4 fully saturated rings. The van der Waals surface area contributed by atoms with Gasteiger partial charge in [-0.1, -0.05) is 12.8 Å². The van der Waals surface area contributed by atoms with Crippen molar-refractivity contribution in [1.29, 1.82) is 0 Å². The summed E-state index contributed by atoms with van der Waals surface area (Å²) >= 11 is 0. The molecule has 4 rings (SSSR count). The van der Waals surface area contributed by atoms with Gasteiger partial charge in [0.2, 0.25) is 11.8 Å². The predicted molar refractivity (Wildman–Crippen MR) is 121 cm³/mol. The second-order valence-electron chi connectivity index (χ2n) is 9.89. The molecule has 0 radical (unpaired) electrons. The van der Waals surface area contributed by atoms with E-state index in [1.165, 1.54) is 12.8 Å². The maximum absolute atomic E-state index is 12.2. The maximum atomic E-state index is 12.2. The summed E-state index contributed by atoms with van der Waals surface area (Å²) in [5.74, 6) is 0.670. The summed E-state index contributed by atoms with van der Waals surface area (Å²) in [6.07, 6.45) is 8.79. The van der Waals surface area contributed by atoms with Gasteiger partial charge in [0.1, 0.15) is 6.23 Å². The standard InChI is InChI=1S/C22H41N7O3/c1-14-8-9-17(29(14)2)21-25-19(32-28-21)11-10-18(30)23-12-5-13-24-20-15-6-3-4-7-16(15)22(31)27-26-20/h14-17,19-21,24-26,28H,3-13H2,1-2H3,(H,23,30)(H,27,31). The van der Waals surface area contributed by atoms with Crippen LogP contribution in [0.4, 0.5) is 0 Å². The number of nitrogens with one attached hydrogen (secondary N) is 6. The van der Waals surface area contributed by atoms with Crippen LogP contribution < -0.4 is 32.3 Å². The third kappa shape index (κ3) is 5.78. The van der Waals surface area contributed by atoms with Crippen LogP contribution >= 0.6 is 0 Å². The van der Waals surface area contributed by atoms with Crippen LogP contribution in [0.3, 0.4) is 0 Å². The van der Waals surface area contributed by atoms with Crippen molar-refractivity contribution in [2.24, 2.45) is 11.8 Å². The van der Waals surface area contributed by atoms with Gasteiger partial charge < -0.3 is 10.6 Å². The van der Waals surface area contributed by atoms with Crippen LogP contribution in [0.15, 0.2) is 0 Å². The summed E-state index contributed by atoms with van der Waals surface area (Å²) in [5, 5.41) is 9.99. The van der Waals surface area contributed by atoms with Crippen LogP contribution in [0.25, 0.3) is 0 Å². The predicted octanol–water partition coefficient (Wildman–Crippen LogP) is -0.111. The highest BCUT2D eigenvalue weighted by molar-refractivity contribution is 5.79. The van der Waals surface area contributed by atoms with Gasteiger partial charge in [0, 0.05) is 36.9 Å². The highest BCUT2D eigenvalue weighted by atomic mass is 16.7. The minimum absolute atomic E-state index is 0.0563. The Hall–Kier alpha value is -1.30. The first-order valence-corrected chi connectivity index (χ1v) is 12.5. The maximum Gasteiger partial charge on any atom is 0.237 e. The molecule has 10 nitrogen and oxygen atoms in total. The SMILES string of the molecule is CC1CCC(C2NOC(CCC(=O)NCCCNC3NNC(=O)C4CCCCC34)N2)N1C. The van der Waals surface area contributed by atoms with E-state index in [0.29, 0.717) is 37.4 Å². The van der Waals surface area contributed by atoms with Crippen molar-refractivity contribution in [1.82, 2.24) is 37.2 Å². The largest absolute Gasteiger partial charge is 0.356 e. The monoisotopic (exact) mass is 451 g/mol. The lowest BCUT2D eigenvalue weighted by atomic mass is 9.76. The van der Waals surface area contributed by atoms with E-state index in [1.807, 2.05) is 0 Å². The van der Waals surface area contributed by atoms with Crippen molar-refractivity contribution in [3.05, 3.63) is 0 Å². The first-order chi connectivity index (χ1) is 15.5. The molecule has 6 N–H and O–H groups in total. The Balaban J connectivity index is 1.06. The zero-order chi connectivity index (χ0) is 22.5. The highest BCUT2D eigenvalue weighted by Gasteiger charge is 2.40. The average Bonchev–Trinajstić information content (AvgIpc) is 3.40. The lowest BCUT2D eigenvalue weighted by Crippen LogP contribution is -2.64. The topological polar surface area (TPSA) is 119 Å². The van der Waals surface area contributed by atoms with E-state index < -0.39 is 0 Å². The van der Waals surface area contributed by atoms with Gasteiger partial charge in [-0.3, -0.25) is 30.1 Å². The van der Waals surface area contributed by atoms with Crippen molar-refractivity contribution in [2.75, 3.05) is 20.1 Å². The number of likely N-dealkylation sites (N-methyl/N-ethyl adjacent to an activating group) is 1. The van der Waals surface area contributed by atoms with E-state index in [-0.39, 0.29) is 36.3 Å². The van der Waals surface area contributed by atoms with Gasteiger partial charge in [0.25, 0.3) is 0 Å². The van der Waals surface area contributed by atoms with Gasteiger partial charge in [-0.05, 0) is 59.0 Å². The molecule has 1 saturated carbocycles. The van der Waals surface area contributed by atoms with Crippen LogP contribution in [0.2, 0.25) is 0 Å². The number of hydrogen-bond donors (Lipinski definition) is 6. The molecule has 0 spiro atoms. The Bertz CT molecular complexity index is 651. The van der Waals surface area contributed by atoms with Crippen LogP contribution in [0.1, 0.15) is 64.7 Å². The van der Waals surface area contributed by atoms with Crippen molar-refractivity contribution < 1.29 is 14.4 Å².